The zero-order chi connectivity index (χ0) is 14.7. The zero-order valence-electron chi connectivity index (χ0n) is 12.1. The van der Waals surface area contributed by atoms with E-state index >= 15 is 0 Å². The molecule has 1 heterocycles. The van der Waals surface area contributed by atoms with Crippen molar-refractivity contribution in [3.8, 4) is 0 Å². The summed E-state index contributed by atoms with van der Waals surface area (Å²) in [6.07, 6.45) is 2.54. The Morgan fingerprint density at radius 2 is 2.15 bits per heavy atom. The molecular weight excluding hydrogens is 252 g/mol. The Hall–Kier alpha value is -1.97. The monoisotopic (exact) mass is 272 g/mol. The molecule has 2 rings (SSSR count). The number of nitrogens with one attached hydrogen (secondary N) is 1. The number of nitrogens with zero attached hydrogens (tertiary/aromatic N) is 1. The van der Waals surface area contributed by atoms with Crippen molar-refractivity contribution in [3.63, 3.8) is 0 Å². The van der Waals surface area contributed by atoms with Gasteiger partial charge in [0.15, 0.2) is 0 Å². The van der Waals surface area contributed by atoms with E-state index in [-0.39, 0.29) is 23.7 Å². The lowest BCUT2D eigenvalue weighted by atomic mass is 9.99. The summed E-state index contributed by atoms with van der Waals surface area (Å²) < 4.78 is 0. The van der Waals surface area contributed by atoms with Crippen molar-refractivity contribution in [1.29, 1.82) is 0 Å². The van der Waals surface area contributed by atoms with Gasteiger partial charge in [0.2, 0.25) is 5.91 Å². The van der Waals surface area contributed by atoms with Crippen LogP contribution < -0.4 is 15.9 Å². The first kappa shape index (κ1) is 14.4. The smallest absolute Gasteiger partial charge is 0.253 e. The summed E-state index contributed by atoms with van der Waals surface area (Å²) in [5.41, 5.74) is 1.09. The first-order valence-electron chi connectivity index (χ1n) is 6.96. The molecule has 0 saturated carbocycles. The molecule has 20 heavy (non-hydrogen) atoms. The van der Waals surface area contributed by atoms with Crippen LogP contribution in [-0.2, 0) is 9.59 Å². The molecule has 1 aliphatic heterocycles. The molecule has 0 saturated heterocycles. The molecule has 1 atom stereocenters. The fraction of sp³-hybridized carbons (Fsp3) is 0.438. The Morgan fingerprint density at radius 3 is 2.85 bits per heavy atom. The SMILES string of the molecule is Cc1ccc2c(c1)=NC(=O)C(CCNC(=O)C(C)C)C=2. The highest BCUT2D eigenvalue weighted by atomic mass is 16.2. The standard InChI is InChI=1S/C16H20N2O2/c1-10(2)15(19)17-7-6-13-9-12-5-4-11(3)8-14(12)18-16(13)20/h4-5,8-10,13H,6-7H2,1-3H3,(H,17,19). The Morgan fingerprint density at radius 1 is 1.40 bits per heavy atom. The molecule has 4 heteroatoms. The molecule has 2 amide bonds. The van der Waals surface area contributed by atoms with Gasteiger partial charge in [-0.25, -0.2) is 4.99 Å². The van der Waals surface area contributed by atoms with E-state index in [2.05, 4.69) is 10.3 Å². The van der Waals surface area contributed by atoms with Gasteiger partial charge in [-0.05, 0) is 30.2 Å². The molecule has 1 unspecified atom stereocenters. The van der Waals surface area contributed by atoms with Gasteiger partial charge >= 0.3 is 0 Å². The molecule has 1 aliphatic rings. The van der Waals surface area contributed by atoms with E-state index in [0.29, 0.717) is 13.0 Å². The predicted molar refractivity (Wildman–Crippen MR) is 77.4 cm³/mol. The first-order valence-corrected chi connectivity index (χ1v) is 6.96. The van der Waals surface area contributed by atoms with Crippen molar-refractivity contribution in [3.05, 3.63) is 34.3 Å². The molecule has 0 radical (unpaired) electrons. The Bertz CT molecular complexity index is 647. The molecule has 1 aromatic carbocycles. The van der Waals surface area contributed by atoms with Crippen molar-refractivity contribution < 1.29 is 9.59 Å². The third-order valence-electron chi connectivity index (χ3n) is 3.39. The minimum Gasteiger partial charge on any atom is -0.356 e. The van der Waals surface area contributed by atoms with E-state index in [1.807, 2.05) is 45.0 Å². The molecule has 0 aliphatic carbocycles. The van der Waals surface area contributed by atoms with E-state index < -0.39 is 0 Å². The van der Waals surface area contributed by atoms with E-state index in [4.69, 9.17) is 0 Å². The number of fused-ring (bicyclic) bond motifs is 1. The maximum atomic E-state index is 12.0. The van der Waals surface area contributed by atoms with Gasteiger partial charge in [-0.15, -0.1) is 0 Å². The largest absolute Gasteiger partial charge is 0.356 e. The third-order valence-corrected chi connectivity index (χ3v) is 3.39. The summed E-state index contributed by atoms with van der Waals surface area (Å²) in [6, 6.07) is 5.92. The van der Waals surface area contributed by atoms with Gasteiger partial charge in [-0.3, -0.25) is 9.59 Å². The van der Waals surface area contributed by atoms with Crippen LogP contribution in [0.1, 0.15) is 25.8 Å². The second kappa shape index (κ2) is 5.99. The van der Waals surface area contributed by atoms with E-state index in [1.54, 1.807) is 0 Å². The molecule has 1 N–H and O–H groups in total. The first-order chi connectivity index (χ1) is 9.47. The van der Waals surface area contributed by atoms with Gasteiger partial charge in [0.05, 0.1) is 11.3 Å². The average Bonchev–Trinajstić information content (AvgIpc) is 2.39. The molecule has 0 spiro atoms. The lowest BCUT2D eigenvalue weighted by Crippen LogP contribution is -2.36. The highest BCUT2D eigenvalue weighted by molar-refractivity contribution is 5.86. The summed E-state index contributed by atoms with van der Waals surface area (Å²) in [6.45, 7) is 6.18. The molecule has 0 fully saturated rings. The van der Waals surface area contributed by atoms with E-state index in [9.17, 15) is 9.59 Å². The summed E-state index contributed by atoms with van der Waals surface area (Å²) in [5, 5.41) is 4.57. The van der Waals surface area contributed by atoms with Crippen molar-refractivity contribution in [2.75, 3.05) is 6.54 Å². The number of aryl methyl sites for hydroxylation is 1. The van der Waals surface area contributed by atoms with Crippen molar-refractivity contribution in [2.24, 2.45) is 16.8 Å². The molecule has 0 aromatic heterocycles. The van der Waals surface area contributed by atoms with Crippen LogP contribution in [0, 0.1) is 18.8 Å². The number of benzene rings is 1. The van der Waals surface area contributed by atoms with Crippen molar-refractivity contribution >= 4 is 17.9 Å². The maximum absolute atomic E-state index is 12.0. The fourth-order valence-electron chi connectivity index (χ4n) is 2.14. The number of amides is 2. The number of hydrogen-bond donors (Lipinski definition) is 1. The van der Waals surface area contributed by atoms with Crippen LogP contribution in [0.25, 0.3) is 6.08 Å². The van der Waals surface area contributed by atoms with Crippen LogP contribution in [0.5, 0.6) is 0 Å². The highest BCUT2D eigenvalue weighted by Gasteiger charge is 2.18. The second-order valence-corrected chi connectivity index (χ2v) is 5.52. The second-order valence-electron chi connectivity index (χ2n) is 5.52. The zero-order valence-corrected chi connectivity index (χ0v) is 12.1. The molecule has 1 aromatic rings. The lowest BCUT2D eigenvalue weighted by molar-refractivity contribution is -0.124. The van der Waals surface area contributed by atoms with Crippen LogP contribution in [0.4, 0.5) is 0 Å². The molecular formula is C16H20N2O2. The number of rotatable bonds is 4. The van der Waals surface area contributed by atoms with Crippen LogP contribution in [-0.4, -0.2) is 18.4 Å². The van der Waals surface area contributed by atoms with Gasteiger partial charge in [0.1, 0.15) is 0 Å². The summed E-state index contributed by atoms with van der Waals surface area (Å²) in [7, 11) is 0. The lowest BCUT2D eigenvalue weighted by Gasteiger charge is -2.13. The Labute approximate surface area is 118 Å². The number of hydrogen-bond acceptors (Lipinski definition) is 2. The van der Waals surface area contributed by atoms with E-state index in [0.717, 1.165) is 16.1 Å². The fourth-order valence-corrected chi connectivity index (χ4v) is 2.14. The topological polar surface area (TPSA) is 58.5 Å². The predicted octanol–water partition coefficient (Wildman–Crippen LogP) is 0.714. The van der Waals surface area contributed by atoms with Gasteiger partial charge in [0, 0.05) is 12.5 Å². The van der Waals surface area contributed by atoms with Gasteiger partial charge in [-0.2, -0.15) is 0 Å². The van der Waals surface area contributed by atoms with Crippen molar-refractivity contribution in [2.45, 2.75) is 27.2 Å². The normalized spacial score (nSPS) is 17.2. The van der Waals surface area contributed by atoms with Crippen molar-refractivity contribution in [1.82, 2.24) is 5.32 Å². The summed E-state index contributed by atoms with van der Waals surface area (Å²) in [4.78, 5) is 27.6. The molecule has 0 bridgehead atoms. The summed E-state index contributed by atoms with van der Waals surface area (Å²) in [5.74, 6) is -0.379. The van der Waals surface area contributed by atoms with Crippen LogP contribution in [0.15, 0.2) is 23.2 Å². The average molecular weight is 272 g/mol. The van der Waals surface area contributed by atoms with Crippen LogP contribution in [0.3, 0.4) is 0 Å². The number of carbonyl (C=O) groups excluding carboxylic acids is 2. The van der Waals surface area contributed by atoms with Gasteiger partial charge in [0.25, 0.3) is 5.91 Å². The Kier molecular flexibility index (Phi) is 4.32. The van der Waals surface area contributed by atoms with Gasteiger partial charge < -0.3 is 5.32 Å². The molecule has 4 nitrogen and oxygen atoms in total. The van der Waals surface area contributed by atoms with Crippen LogP contribution >= 0.6 is 0 Å². The Balaban J connectivity index is 2.06. The quantitative estimate of drug-likeness (QED) is 0.877. The minimum atomic E-state index is -0.238. The summed E-state index contributed by atoms with van der Waals surface area (Å²) >= 11 is 0. The third kappa shape index (κ3) is 3.32. The molecule has 106 valence electrons. The van der Waals surface area contributed by atoms with E-state index in [1.165, 1.54) is 0 Å². The minimum absolute atomic E-state index is 0.0150. The number of carbonyl (C=O) groups is 2. The highest BCUT2D eigenvalue weighted by Crippen LogP contribution is 2.09. The van der Waals surface area contributed by atoms with Gasteiger partial charge in [-0.1, -0.05) is 32.1 Å². The maximum Gasteiger partial charge on any atom is 0.253 e. The van der Waals surface area contributed by atoms with Crippen LogP contribution in [0.2, 0.25) is 0 Å².